The number of imidazole rings is 1. The lowest BCUT2D eigenvalue weighted by atomic mass is 9.99. The van der Waals surface area contributed by atoms with Crippen LogP contribution in [-0.4, -0.2) is 69.5 Å². The average Bonchev–Trinajstić information content (AvgIpc) is 3.29. The Kier molecular flexibility index (Phi) is 12.1. The molecule has 1 aromatic heterocycles. The van der Waals surface area contributed by atoms with Crippen LogP contribution in [0.5, 0.6) is 0 Å². The normalized spacial score (nSPS) is 15.5. The van der Waals surface area contributed by atoms with Gasteiger partial charge in [0.25, 0.3) is 0 Å². The molecule has 0 bridgehead atoms. The Morgan fingerprint density at radius 2 is 1.79 bits per heavy atom. The van der Waals surface area contributed by atoms with Gasteiger partial charge in [0.15, 0.2) is 0 Å². The number of nitrogens with zero attached hydrogens (tertiary/aromatic N) is 1. The van der Waals surface area contributed by atoms with Crippen molar-refractivity contribution in [1.82, 2.24) is 25.9 Å². The van der Waals surface area contributed by atoms with Crippen LogP contribution in [-0.2, 0) is 25.6 Å². The molecule has 33 heavy (non-hydrogen) atoms. The van der Waals surface area contributed by atoms with Crippen LogP contribution in [0.15, 0.2) is 12.5 Å². The Morgan fingerprint density at radius 1 is 1.09 bits per heavy atom. The Morgan fingerprint density at radius 3 is 2.33 bits per heavy atom. The van der Waals surface area contributed by atoms with E-state index in [1.807, 2.05) is 6.92 Å². The molecule has 0 fully saturated rings. The molecule has 0 aliphatic carbocycles. The largest absolute Gasteiger partial charge is 0.480 e. The van der Waals surface area contributed by atoms with Gasteiger partial charge < -0.3 is 37.5 Å². The number of unbranched alkanes of at least 4 members (excludes halogenated alkanes) is 1. The summed E-state index contributed by atoms with van der Waals surface area (Å²) in [5.41, 5.74) is 12.0. The maximum atomic E-state index is 12.9. The molecule has 0 radical (unpaired) electrons. The molecule has 0 saturated heterocycles. The van der Waals surface area contributed by atoms with Gasteiger partial charge in [-0.15, -0.1) is 0 Å². The Balaban J connectivity index is 2.82. The first-order valence-electron chi connectivity index (χ1n) is 11.2. The molecule has 1 aromatic rings. The molecule has 0 aliphatic rings. The van der Waals surface area contributed by atoms with E-state index < -0.39 is 47.9 Å². The fourth-order valence-electron chi connectivity index (χ4n) is 3.08. The molecule has 0 spiro atoms. The SMILES string of the molecule is CCC(C)C(NC(=O)C(C)NC(=O)C(Cc1cnc[nH]1)NC(=O)C(N)CCCCN)C(=O)O. The van der Waals surface area contributed by atoms with Gasteiger partial charge in [-0.1, -0.05) is 26.7 Å². The monoisotopic (exact) mass is 467 g/mol. The molecule has 1 rings (SSSR count). The van der Waals surface area contributed by atoms with Crippen molar-refractivity contribution >= 4 is 23.7 Å². The number of aromatic amines is 1. The molecule has 0 aliphatic heterocycles. The highest BCUT2D eigenvalue weighted by Crippen LogP contribution is 2.08. The number of nitrogens with one attached hydrogen (secondary N) is 4. The van der Waals surface area contributed by atoms with Gasteiger partial charge in [0.05, 0.1) is 12.4 Å². The van der Waals surface area contributed by atoms with Crippen molar-refractivity contribution in [3.05, 3.63) is 18.2 Å². The molecule has 186 valence electrons. The molecular weight excluding hydrogens is 430 g/mol. The van der Waals surface area contributed by atoms with Crippen LogP contribution in [0.1, 0.15) is 52.1 Å². The van der Waals surface area contributed by atoms with Gasteiger partial charge in [-0.25, -0.2) is 9.78 Å². The van der Waals surface area contributed by atoms with E-state index in [0.717, 1.165) is 6.42 Å². The van der Waals surface area contributed by atoms with E-state index in [0.29, 0.717) is 31.5 Å². The van der Waals surface area contributed by atoms with E-state index in [1.165, 1.54) is 19.4 Å². The van der Waals surface area contributed by atoms with Gasteiger partial charge in [0.1, 0.15) is 18.1 Å². The summed E-state index contributed by atoms with van der Waals surface area (Å²) in [5, 5.41) is 17.0. The first kappa shape index (κ1) is 28.0. The van der Waals surface area contributed by atoms with E-state index in [-0.39, 0.29) is 12.3 Å². The summed E-state index contributed by atoms with van der Waals surface area (Å²) < 4.78 is 0. The molecule has 3 amide bonds. The van der Waals surface area contributed by atoms with Gasteiger partial charge in [0.2, 0.25) is 17.7 Å². The first-order chi connectivity index (χ1) is 15.6. The van der Waals surface area contributed by atoms with E-state index in [1.54, 1.807) is 6.92 Å². The molecular formula is C21H37N7O5. The maximum Gasteiger partial charge on any atom is 0.326 e. The van der Waals surface area contributed by atoms with E-state index >= 15 is 0 Å². The second-order valence-corrected chi connectivity index (χ2v) is 8.17. The molecule has 5 unspecified atom stereocenters. The quantitative estimate of drug-likeness (QED) is 0.159. The highest BCUT2D eigenvalue weighted by molar-refractivity contribution is 5.94. The second kappa shape index (κ2) is 14.2. The third-order valence-electron chi connectivity index (χ3n) is 5.45. The van der Waals surface area contributed by atoms with Crippen LogP contribution in [0.3, 0.4) is 0 Å². The van der Waals surface area contributed by atoms with Gasteiger partial charge in [0, 0.05) is 18.3 Å². The first-order valence-corrected chi connectivity index (χ1v) is 11.2. The molecule has 5 atom stereocenters. The number of H-pyrrole nitrogens is 1. The smallest absolute Gasteiger partial charge is 0.326 e. The summed E-state index contributed by atoms with van der Waals surface area (Å²) in [6.07, 6.45) is 5.47. The topological polar surface area (TPSA) is 205 Å². The predicted octanol–water partition coefficient (Wildman–Crippen LogP) is -0.986. The van der Waals surface area contributed by atoms with Crippen molar-refractivity contribution in [1.29, 1.82) is 0 Å². The number of aromatic nitrogens is 2. The van der Waals surface area contributed by atoms with Crippen molar-refractivity contribution in [2.45, 2.75) is 77.0 Å². The van der Waals surface area contributed by atoms with Gasteiger partial charge in [-0.2, -0.15) is 0 Å². The zero-order valence-electron chi connectivity index (χ0n) is 19.5. The average molecular weight is 468 g/mol. The summed E-state index contributed by atoms with van der Waals surface area (Å²) in [5.74, 6) is -3.18. The fourth-order valence-corrected chi connectivity index (χ4v) is 3.08. The summed E-state index contributed by atoms with van der Waals surface area (Å²) in [4.78, 5) is 56.2. The van der Waals surface area contributed by atoms with E-state index in [2.05, 4.69) is 25.9 Å². The van der Waals surface area contributed by atoms with Crippen LogP contribution < -0.4 is 27.4 Å². The number of carbonyl (C=O) groups is 4. The minimum Gasteiger partial charge on any atom is -0.480 e. The molecule has 9 N–H and O–H groups in total. The van der Waals surface area contributed by atoms with Gasteiger partial charge >= 0.3 is 5.97 Å². The van der Waals surface area contributed by atoms with Crippen LogP contribution in [0.25, 0.3) is 0 Å². The summed E-state index contributed by atoms with van der Waals surface area (Å²) in [6.45, 7) is 5.48. The van der Waals surface area contributed by atoms with Crippen molar-refractivity contribution in [2.75, 3.05) is 6.54 Å². The lowest BCUT2D eigenvalue weighted by Crippen LogP contribution is -2.57. The highest BCUT2D eigenvalue weighted by atomic mass is 16.4. The van der Waals surface area contributed by atoms with Gasteiger partial charge in [-0.3, -0.25) is 14.4 Å². The number of carboxylic acid groups (broad SMARTS) is 1. The molecule has 0 aromatic carbocycles. The van der Waals surface area contributed by atoms with Crippen molar-refractivity contribution in [3.8, 4) is 0 Å². The number of carboxylic acids is 1. The van der Waals surface area contributed by atoms with Crippen molar-refractivity contribution < 1.29 is 24.3 Å². The zero-order chi connectivity index (χ0) is 25.0. The maximum absolute atomic E-state index is 12.9. The third kappa shape index (κ3) is 9.58. The summed E-state index contributed by atoms with van der Waals surface area (Å²) >= 11 is 0. The number of aliphatic carboxylic acids is 1. The highest BCUT2D eigenvalue weighted by Gasteiger charge is 2.30. The lowest BCUT2D eigenvalue weighted by Gasteiger charge is -2.25. The number of rotatable bonds is 15. The molecule has 1 heterocycles. The lowest BCUT2D eigenvalue weighted by molar-refractivity contribution is -0.143. The summed E-state index contributed by atoms with van der Waals surface area (Å²) in [7, 11) is 0. The van der Waals surface area contributed by atoms with Crippen LogP contribution >= 0.6 is 0 Å². The predicted molar refractivity (Wildman–Crippen MR) is 122 cm³/mol. The molecule has 0 saturated carbocycles. The standard InChI is InChI=1S/C21H37N7O5/c1-4-12(2)17(21(32)33)28-18(29)13(3)26-20(31)16(9-14-10-24-11-25-14)27-19(30)15(23)7-5-6-8-22/h10-13,15-17H,4-9,22-23H2,1-3H3,(H,24,25)(H,26,31)(H,27,30)(H,28,29)(H,32,33). The Bertz CT molecular complexity index is 771. The minimum absolute atomic E-state index is 0.103. The third-order valence-corrected chi connectivity index (χ3v) is 5.45. The van der Waals surface area contributed by atoms with E-state index in [9.17, 15) is 24.3 Å². The van der Waals surface area contributed by atoms with E-state index in [4.69, 9.17) is 11.5 Å². The number of carbonyl (C=O) groups excluding carboxylic acids is 3. The van der Waals surface area contributed by atoms with Gasteiger partial charge in [-0.05, 0) is 32.2 Å². The Hall–Kier alpha value is -2.99. The second-order valence-electron chi connectivity index (χ2n) is 8.17. The number of hydrogen-bond donors (Lipinski definition) is 7. The van der Waals surface area contributed by atoms with Crippen LogP contribution in [0, 0.1) is 5.92 Å². The van der Waals surface area contributed by atoms with Crippen molar-refractivity contribution in [3.63, 3.8) is 0 Å². The summed E-state index contributed by atoms with van der Waals surface area (Å²) in [6, 6.07) is -3.92. The zero-order valence-corrected chi connectivity index (χ0v) is 19.5. The molecule has 12 nitrogen and oxygen atoms in total. The number of amides is 3. The van der Waals surface area contributed by atoms with Crippen LogP contribution in [0.4, 0.5) is 0 Å². The number of nitrogens with two attached hydrogens (primary N) is 2. The molecule has 12 heteroatoms. The minimum atomic E-state index is -1.15. The number of hydrogen-bond acceptors (Lipinski definition) is 7. The fraction of sp³-hybridized carbons (Fsp3) is 0.667. The Labute approximate surface area is 193 Å². The van der Waals surface area contributed by atoms with Crippen molar-refractivity contribution in [2.24, 2.45) is 17.4 Å². The van der Waals surface area contributed by atoms with Crippen LogP contribution in [0.2, 0.25) is 0 Å².